The smallest absolute Gasteiger partial charge is 0.270 e. The lowest BCUT2D eigenvalue weighted by atomic mass is 10.2. The molecule has 0 aliphatic carbocycles. The van der Waals surface area contributed by atoms with E-state index in [0.29, 0.717) is 18.3 Å². The van der Waals surface area contributed by atoms with Crippen LogP contribution in [0.3, 0.4) is 0 Å². The third-order valence-corrected chi connectivity index (χ3v) is 2.56. The van der Waals surface area contributed by atoms with E-state index in [4.69, 9.17) is 5.84 Å². The fourth-order valence-corrected chi connectivity index (χ4v) is 1.44. The van der Waals surface area contributed by atoms with Gasteiger partial charge in [-0.2, -0.15) is 0 Å². The van der Waals surface area contributed by atoms with Crippen LogP contribution in [0, 0.1) is 5.92 Å². The SMILES string of the molecule is CC(C)CNC(=O)C(C)NC(=O)c1cccc(NN)n1. The van der Waals surface area contributed by atoms with E-state index in [1.54, 1.807) is 25.1 Å². The summed E-state index contributed by atoms with van der Waals surface area (Å²) in [5.74, 6) is 5.32. The van der Waals surface area contributed by atoms with Gasteiger partial charge in [0, 0.05) is 6.54 Å². The van der Waals surface area contributed by atoms with Crippen molar-refractivity contribution in [3.63, 3.8) is 0 Å². The number of carbonyl (C=O) groups is 2. The highest BCUT2D eigenvalue weighted by molar-refractivity contribution is 5.96. The summed E-state index contributed by atoms with van der Waals surface area (Å²) >= 11 is 0. The van der Waals surface area contributed by atoms with Crippen LogP contribution in [-0.4, -0.2) is 29.4 Å². The van der Waals surface area contributed by atoms with E-state index >= 15 is 0 Å². The zero-order chi connectivity index (χ0) is 15.1. The monoisotopic (exact) mass is 279 g/mol. The van der Waals surface area contributed by atoms with Crippen LogP contribution < -0.4 is 21.9 Å². The van der Waals surface area contributed by atoms with Gasteiger partial charge < -0.3 is 16.1 Å². The number of hydrogen-bond donors (Lipinski definition) is 4. The maximum atomic E-state index is 11.9. The van der Waals surface area contributed by atoms with Crippen LogP contribution in [0.2, 0.25) is 0 Å². The highest BCUT2D eigenvalue weighted by Gasteiger charge is 2.17. The molecule has 1 unspecified atom stereocenters. The van der Waals surface area contributed by atoms with Gasteiger partial charge in [0.05, 0.1) is 0 Å². The second-order valence-electron chi connectivity index (χ2n) is 4.89. The Kier molecular flexibility index (Phi) is 5.92. The molecule has 0 radical (unpaired) electrons. The van der Waals surface area contributed by atoms with Gasteiger partial charge in [-0.25, -0.2) is 10.8 Å². The average molecular weight is 279 g/mol. The largest absolute Gasteiger partial charge is 0.354 e. The molecule has 0 saturated carbocycles. The highest BCUT2D eigenvalue weighted by Crippen LogP contribution is 2.03. The first-order valence-corrected chi connectivity index (χ1v) is 6.46. The number of nitrogen functional groups attached to an aromatic ring is 1. The molecule has 1 aromatic heterocycles. The molecule has 0 spiro atoms. The molecule has 20 heavy (non-hydrogen) atoms. The lowest BCUT2D eigenvalue weighted by Crippen LogP contribution is -2.45. The fraction of sp³-hybridized carbons (Fsp3) is 0.462. The first-order chi connectivity index (χ1) is 9.43. The van der Waals surface area contributed by atoms with Gasteiger partial charge in [-0.1, -0.05) is 19.9 Å². The Balaban J connectivity index is 2.58. The number of pyridine rings is 1. The van der Waals surface area contributed by atoms with E-state index < -0.39 is 11.9 Å². The molecule has 1 atom stereocenters. The van der Waals surface area contributed by atoms with Crippen molar-refractivity contribution in [3.05, 3.63) is 23.9 Å². The average Bonchev–Trinajstić information content (AvgIpc) is 2.44. The van der Waals surface area contributed by atoms with E-state index in [2.05, 4.69) is 21.0 Å². The van der Waals surface area contributed by atoms with Gasteiger partial charge in [0.2, 0.25) is 5.91 Å². The quantitative estimate of drug-likeness (QED) is 0.441. The van der Waals surface area contributed by atoms with Crippen LogP contribution in [0.25, 0.3) is 0 Å². The van der Waals surface area contributed by atoms with Crippen LogP contribution in [0.4, 0.5) is 5.82 Å². The van der Waals surface area contributed by atoms with E-state index in [1.807, 2.05) is 13.8 Å². The van der Waals surface area contributed by atoms with Gasteiger partial charge in [-0.15, -0.1) is 0 Å². The topological polar surface area (TPSA) is 109 Å². The molecular formula is C13H21N5O2. The number of hydrogen-bond acceptors (Lipinski definition) is 5. The zero-order valence-corrected chi connectivity index (χ0v) is 11.9. The lowest BCUT2D eigenvalue weighted by Gasteiger charge is -2.15. The zero-order valence-electron chi connectivity index (χ0n) is 11.9. The number of nitrogens with zero attached hydrogens (tertiary/aromatic N) is 1. The molecule has 2 amide bonds. The Morgan fingerprint density at radius 2 is 2.00 bits per heavy atom. The third-order valence-electron chi connectivity index (χ3n) is 2.56. The summed E-state index contributed by atoms with van der Waals surface area (Å²) in [7, 11) is 0. The maximum absolute atomic E-state index is 11.9. The number of amides is 2. The van der Waals surface area contributed by atoms with Crippen molar-refractivity contribution in [1.82, 2.24) is 15.6 Å². The Hall–Kier alpha value is -2.15. The minimum absolute atomic E-state index is 0.198. The van der Waals surface area contributed by atoms with E-state index in [0.717, 1.165) is 0 Å². The Labute approximate surface area is 118 Å². The van der Waals surface area contributed by atoms with E-state index in [-0.39, 0.29) is 11.6 Å². The van der Waals surface area contributed by atoms with Crippen molar-refractivity contribution in [2.24, 2.45) is 11.8 Å². The minimum atomic E-state index is -0.627. The van der Waals surface area contributed by atoms with Crippen LogP contribution >= 0.6 is 0 Å². The first-order valence-electron chi connectivity index (χ1n) is 6.46. The molecule has 0 saturated heterocycles. The maximum Gasteiger partial charge on any atom is 0.270 e. The van der Waals surface area contributed by atoms with Crippen LogP contribution in [0.1, 0.15) is 31.3 Å². The van der Waals surface area contributed by atoms with E-state index in [9.17, 15) is 9.59 Å². The Bertz CT molecular complexity index is 476. The summed E-state index contributed by atoms with van der Waals surface area (Å²) in [4.78, 5) is 27.7. The van der Waals surface area contributed by atoms with Gasteiger partial charge in [0.15, 0.2) is 0 Å². The molecular weight excluding hydrogens is 258 g/mol. The third kappa shape index (κ3) is 4.85. The number of rotatable bonds is 6. The van der Waals surface area contributed by atoms with Crippen LogP contribution in [0.5, 0.6) is 0 Å². The normalized spacial score (nSPS) is 11.8. The molecule has 5 N–H and O–H groups in total. The summed E-state index contributed by atoms with van der Waals surface area (Å²) in [6.45, 7) is 6.19. The molecule has 0 aliphatic rings. The second-order valence-corrected chi connectivity index (χ2v) is 4.89. The van der Waals surface area contributed by atoms with Crippen molar-refractivity contribution >= 4 is 17.6 Å². The Morgan fingerprint density at radius 3 is 2.60 bits per heavy atom. The highest BCUT2D eigenvalue weighted by atomic mass is 16.2. The molecule has 110 valence electrons. The van der Waals surface area contributed by atoms with Crippen LogP contribution in [-0.2, 0) is 4.79 Å². The van der Waals surface area contributed by atoms with Gasteiger partial charge in [0.25, 0.3) is 5.91 Å². The molecule has 0 aliphatic heterocycles. The molecule has 1 rings (SSSR count). The van der Waals surface area contributed by atoms with Crippen molar-refractivity contribution in [3.8, 4) is 0 Å². The summed E-state index contributed by atoms with van der Waals surface area (Å²) in [6.07, 6.45) is 0. The summed E-state index contributed by atoms with van der Waals surface area (Å²) in [5, 5.41) is 5.34. The Morgan fingerprint density at radius 1 is 1.30 bits per heavy atom. The van der Waals surface area contributed by atoms with Crippen LogP contribution in [0.15, 0.2) is 18.2 Å². The van der Waals surface area contributed by atoms with Gasteiger partial charge in [-0.05, 0) is 25.0 Å². The number of aromatic nitrogens is 1. The number of anilines is 1. The number of nitrogens with one attached hydrogen (secondary N) is 3. The predicted octanol–water partition coefficient (Wildman–Crippen LogP) is 0.258. The molecule has 1 heterocycles. The summed E-state index contributed by atoms with van der Waals surface area (Å²) in [6, 6.07) is 4.21. The van der Waals surface area contributed by atoms with Gasteiger partial charge in [0.1, 0.15) is 17.6 Å². The lowest BCUT2D eigenvalue weighted by molar-refractivity contribution is -0.122. The van der Waals surface area contributed by atoms with Gasteiger partial charge in [-0.3, -0.25) is 9.59 Å². The predicted molar refractivity (Wildman–Crippen MR) is 76.8 cm³/mol. The van der Waals surface area contributed by atoms with E-state index in [1.165, 1.54) is 0 Å². The number of carbonyl (C=O) groups excluding carboxylic acids is 2. The molecule has 0 aromatic carbocycles. The molecule has 7 heteroatoms. The van der Waals surface area contributed by atoms with Crippen molar-refractivity contribution in [2.45, 2.75) is 26.8 Å². The standard InChI is InChI=1S/C13H21N5O2/c1-8(2)7-15-12(19)9(3)16-13(20)10-5-4-6-11(17-10)18-14/h4-6,8-9H,7,14H2,1-3H3,(H,15,19)(H,16,20)(H,17,18). The molecule has 1 aromatic rings. The number of hydrazine groups is 1. The fourth-order valence-electron chi connectivity index (χ4n) is 1.44. The second kappa shape index (κ2) is 7.44. The van der Waals surface area contributed by atoms with Crippen molar-refractivity contribution in [1.29, 1.82) is 0 Å². The van der Waals surface area contributed by atoms with Crippen molar-refractivity contribution < 1.29 is 9.59 Å². The molecule has 7 nitrogen and oxygen atoms in total. The first kappa shape index (κ1) is 15.9. The number of nitrogens with two attached hydrogens (primary N) is 1. The molecule has 0 fully saturated rings. The molecule has 0 bridgehead atoms. The minimum Gasteiger partial charge on any atom is -0.354 e. The summed E-state index contributed by atoms with van der Waals surface area (Å²) < 4.78 is 0. The summed E-state index contributed by atoms with van der Waals surface area (Å²) in [5.41, 5.74) is 2.56. The van der Waals surface area contributed by atoms with Gasteiger partial charge >= 0.3 is 0 Å². The van der Waals surface area contributed by atoms with Crippen molar-refractivity contribution in [2.75, 3.05) is 12.0 Å².